The highest BCUT2D eigenvalue weighted by Gasteiger charge is 2.24. The van der Waals surface area contributed by atoms with Crippen LogP contribution in [0.3, 0.4) is 0 Å². The van der Waals surface area contributed by atoms with Crippen LogP contribution in [0.2, 0.25) is 0 Å². The van der Waals surface area contributed by atoms with E-state index in [2.05, 4.69) is 26.7 Å². The van der Waals surface area contributed by atoms with Crippen LogP contribution < -0.4 is 14.4 Å². The minimum Gasteiger partial charge on any atom is -0.493 e. The van der Waals surface area contributed by atoms with Gasteiger partial charge in [-0.2, -0.15) is 0 Å². The number of fused-ring (bicyclic) bond motifs is 1. The number of hydrogen-bond donors (Lipinski definition) is 2. The van der Waals surface area contributed by atoms with Crippen LogP contribution in [0.25, 0.3) is 10.9 Å². The fourth-order valence-corrected chi connectivity index (χ4v) is 3.72. The van der Waals surface area contributed by atoms with Crippen LogP contribution in [0.15, 0.2) is 18.5 Å². The lowest BCUT2D eigenvalue weighted by molar-refractivity contribution is 0.191. The number of methoxy groups -OCH3 is 2. The normalized spacial score (nSPS) is 16.1. The summed E-state index contributed by atoms with van der Waals surface area (Å²) in [5.41, 5.74) is 0.791. The number of piperidine rings is 1. The van der Waals surface area contributed by atoms with Crippen molar-refractivity contribution in [2.24, 2.45) is 5.92 Å². The third kappa shape index (κ3) is 4.42. The third-order valence-corrected chi connectivity index (χ3v) is 5.31. The standard InChI is InChI=1S/C16H22N3O5PS/c1-22-14-7-12-13(8-15(14)23-2)17-10-18-16(12)19-5-3-11(4-6-19)9-24-25(20,21)26/h7-8,10-11H,3-6,9H2,1-2H3,(H2,20,21,26). The SMILES string of the molecule is COc1cc2ncnc(N3CCC(COP(O)(O)=S)CC3)c2cc1OC. The highest BCUT2D eigenvalue weighted by atomic mass is 32.5. The van der Waals surface area contributed by atoms with Gasteiger partial charge in [0.2, 0.25) is 0 Å². The van der Waals surface area contributed by atoms with E-state index < -0.39 is 6.72 Å². The van der Waals surface area contributed by atoms with Crippen molar-refractivity contribution in [2.45, 2.75) is 12.8 Å². The van der Waals surface area contributed by atoms with E-state index in [1.807, 2.05) is 12.1 Å². The zero-order valence-electron chi connectivity index (χ0n) is 14.7. The van der Waals surface area contributed by atoms with Gasteiger partial charge in [0.05, 0.1) is 26.3 Å². The lowest BCUT2D eigenvalue weighted by atomic mass is 9.97. The minimum atomic E-state index is -3.58. The summed E-state index contributed by atoms with van der Waals surface area (Å²) in [7, 11) is 3.19. The van der Waals surface area contributed by atoms with E-state index in [9.17, 15) is 9.79 Å². The van der Waals surface area contributed by atoms with Crippen molar-refractivity contribution in [3.63, 3.8) is 0 Å². The Labute approximate surface area is 157 Å². The number of nitrogens with zero attached hydrogens (tertiary/aromatic N) is 3. The van der Waals surface area contributed by atoms with Crippen LogP contribution in [0.5, 0.6) is 11.5 Å². The maximum Gasteiger partial charge on any atom is 0.321 e. The highest BCUT2D eigenvalue weighted by molar-refractivity contribution is 8.06. The molecule has 1 saturated heterocycles. The molecule has 26 heavy (non-hydrogen) atoms. The number of anilines is 1. The first-order valence-electron chi connectivity index (χ1n) is 8.23. The Bertz CT molecular complexity index is 823. The van der Waals surface area contributed by atoms with Crippen molar-refractivity contribution in [3.05, 3.63) is 18.5 Å². The zero-order valence-corrected chi connectivity index (χ0v) is 16.4. The first-order chi connectivity index (χ1) is 12.4. The van der Waals surface area contributed by atoms with Crippen LogP contribution in [0.1, 0.15) is 12.8 Å². The molecule has 0 radical (unpaired) electrons. The van der Waals surface area contributed by atoms with Crippen LogP contribution in [-0.4, -0.2) is 53.7 Å². The molecule has 0 atom stereocenters. The predicted molar refractivity (Wildman–Crippen MR) is 102 cm³/mol. The number of rotatable bonds is 6. The van der Waals surface area contributed by atoms with E-state index in [1.54, 1.807) is 20.5 Å². The van der Waals surface area contributed by atoms with Crippen LogP contribution in [0.4, 0.5) is 5.82 Å². The van der Waals surface area contributed by atoms with Crippen molar-refractivity contribution in [1.29, 1.82) is 0 Å². The fourth-order valence-electron chi connectivity index (χ4n) is 3.14. The first kappa shape index (κ1) is 19.3. The van der Waals surface area contributed by atoms with E-state index in [4.69, 9.17) is 14.0 Å². The number of aromatic nitrogens is 2. The molecule has 1 aromatic heterocycles. The summed E-state index contributed by atoms with van der Waals surface area (Å²) in [6.45, 7) is -1.74. The zero-order chi connectivity index (χ0) is 18.7. The molecule has 1 aliphatic rings. The molecule has 2 aromatic rings. The average molecular weight is 399 g/mol. The molecule has 0 saturated carbocycles. The predicted octanol–water partition coefficient (Wildman–Crippen LogP) is 2.09. The molecule has 142 valence electrons. The monoisotopic (exact) mass is 399 g/mol. The van der Waals surface area contributed by atoms with Gasteiger partial charge in [-0.15, -0.1) is 0 Å². The van der Waals surface area contributed by atoms with Gasteiger partial charge in [0.15, 0.2) is 11.5 Å². The van der Waals surface area contributed by atoms with Gasteiger partial charge in [0.25, 0.3) is 0 Å². The number of benzene rings is 1. The summed E-state index contributed by atoms with van der Waals surface area (Å²) in [4.78, 5) is 29.4. The third-order valence-electron chi connectivity index (χ3n) is 4.51. The summed E-state index contributed by atoms with van der Waals surface area (Å²) in [5, 5.41) is 0.904. The average Bonchev–Trinajstić information content (AvgIpc) is 2.64. The van der Waals surface area contributed by atoms with Gasteiger partial charge in [-0.25, -0.2) is 9.97 Å². The van der Waals surface area contributed by atoms with E-state index >= 15 is 0 Å². The molecule has 1 aliphatic heterocycles. The second kappa shape index (κ2) is 8.02. The smallest absolute Gasteiger partial charge is 0.321 e. The lowest BCUT2D eigenvalue weighted by Crippen LogP contribution is -2.35. The Balaban J connectivity index is 1.78. The van der Waals surface area contributed by atoms with Crippen molar-refractivity contribution in [1.82, 2.24) is 9.97 Å². The van der Waals surface area contributed by atoms with Gasteiger partial charge in [-0.05, 0) is 36.6 Å². The van der Waals surface area contributed by atoms with Gasteiger partial charge < -0.3 is 28.7 Å². The van der Waals surface area contributed by atoms with Gasteiger partial charge in [-0.3, -0.25) is 0 Å². The Morgan fingerprint density at radius 3 is 2.42 bits per heavy atom. The molecule has 0 aliphatic carbocycles. The van der Waals surface area contributed by atoms with Crippen molar-refractivity contribution in [3.8, 4) is 11.5 Å². The Kier molecular flexibility index (Phi) is 5.94. The molecular formula is C16H22N3O5PS. The van der Waals surface area contributed by atoms with Gasteiger partial charge in [0.1, 0.15) is 12.1 Å². The molecule has 0 amide bonds. The van der Waals surface area contributed by atoms with Crippen LogP contribution in [-0.2, 0) is 16.3 Å². The molecular weight excluding hydrogens is 377 g/mol. The molecule has 1 fully saturated rings. The molecule has 0 bridgehead atoms. The highest BCUT2D eigenvalue weighted by Crippen LogP contribution is 2.39. The van der Waals surface area contributed by atoms with Crippen molar-refractivity contribution < 1.29 is 23.8 Å². The Morgan fingerprint density at radius 2 is 1.81 bits per heavy atom. The summed E-state index contributed by atoms with van der Waals surface area (Å²) >= 11 is 4.50. The van der Waals surface area contributed by atoms with E-state index in [0.29, 0.717) is 11.5 Å². The van der Waals surface area contributed by atoms with E-state index in [0.717, 1.165) is 42.7 Å². The van der Waals surface area contributed by atoms with Gasteiger partial charge in [0, 0.05) is 24.5 Å². The van der Waals surface area contributed by atoms with Crippen molar-refractivity contribution in [2.75, 3.05) is 38.8 Å². The largest absolute Gasteiger partial charge is 0.493 e. The Morgan fingerprint density at radius 1 is 1.15 bits per heavy atom. The maximum absolute atomic E-state index is 9.20. The van der Waals surface area contributed by atoms with E-state index in [-0.39, 0.29) is 12.5 Å². The fraction of sp³-hybridized carbons (Fsp3) is 0.500. The molecule has 8 nitrogen and oxygen atoms in total. The van der Waals surface area contributed by atoms with Gasteiger partial charge in [-0.1, -0.05) is 0 Å². The van der Waals surface area contributed by atoms with Crippen molar-refractivity contribution >= 4 is 35.2 Å². The number of hydrogen-bond acceptors (Lipinski definition) is 7. The quantitative estimate of drug-likeness (QED) is 0.708. The topological polar surface area (TPSA) is 97.2 Å². The molecule has 0 unspecified atom stereocenters. The molecule has 3 rings (SSSR count). The van der Waals surface area contributed by atoms with E-state index in [1.165, 1.54) is 0 Å². The maximum atomic E-state index is 9.20. The van der Waals surface area contributed by atoms with Crippen LogP contribution in [0, 0.1) is 5.92 Å². The Hall–Kier alpha value is -1.51. The van der Waals surface area contributed by atoms with Crippen LogP contribution >= 0.6 is 6.72 Å². The molecule has 2 heterocycles. The van der Waals surface area contributed by atoms with Gasteiger partial charge >= 0.3 is 6.72 Å². The molecule has 2 N–H and O–H groups in total. The summed E-state index contributed by atoms with van der Waals surface area (Å²) in [6.07, 6.45) is 3.26. The summed E-state index contributed by atoms with van der Waals surface area (Å²) in [6, 6.07) is 3.74. The molecule has 0 spiro atoms. The summed E-state index contributed by atoms with van der Waals surface area (Å²) in [5.74, 6) is 2.36. The number of ether oxygens (including phenoxy) is 2. The lowest BCUT2D eigenvalue weighted by Gasteiger charge is -2.33. The summed E-state index contributed by atoms with van der Waals surface area (Å²) < 4.78 is 15.7. The molecule has 10 heteroatoms. The minimum absolute atomic E-state index is 0.246. The second-order valence-corrected chi connectivity index (χ2v) is 8.80. The second-order valence-electron chi connectivity index (χ2n) is 6.14. The first-order valence-corrected chi connectivity index (χ1v) is 10.9. The molecule has 1 aromatic carbocycles.